The number of methoxy groups -OCH3 is 2. The molecule has 0 saturated carbocycles. The zero-order valence-electron chi connectivity index (χ0n) is 17.9. The molecule has 0 spiro atoms. The summed E-state index contributed by atoms with van der Waals surface area (Å²) < 4.78 is 21.9. The van der Waals surface area contributed by atoms with E-state index in [0.717, 1.165) is 88.2 Å². The molecule has 0 aliphatic carbocycles. The molecule has 0 aromatic heterocycles. The molecule has 29 heavy (non-hydrogen) atoms. The van der Waals surface area contributed by atoms with Crippen LogP contribution in [-0.2, 0) is 15.9 Å². The van der Waals surface area contributed by atoms with Crippen LogP contribution in [0.1, 0.15) is 24.8 Å². The van der Waals surface area contributed by atoms with Gasteiger partial charge in [0.15, 0.2) is 5.96 Å². The third-order valence-electron chi connectivity index (χ3n) is 4.85. The first-order chi connectivity index (χ1) is 13.8. The topological polar surface area (TPSA) is 73.3 Å². The van der Waals surface area contributed by atoms with Gasteiger partial charge in [0.2, 0.25) is 0 Å². The van der Waals surface area contributed by atoms with Crippen molar-refractivity contribution in [1.82, 2.24) is 10.6 Å². The first kappa shape index (κ1) is 25.8. The van der Waals surface area contributed by atoms with Gasteiger partial charge >= 0.3 is 0 Å². The number of halogens is 1. The molecule has 2 N–H and O–H groups in total. The van der Waals surface area contributed by atoms with Gasteiger partial charge < -0.3 is 29.6 Å². The minimum Gasteiger partial charge on any atom is -0.497 e. The summed E-state index contributed by atoms with van der Waals surface area (Å²) in [6, 6.07) is 5.84. The van der Waals surface area contributed by atoms with Crippen LogP contribution < -0.4 is 20.1 Å². The van der Waals surface area contributed by atoms with Gasteiger partial charge in [-0.1, -0.05) is 0 Å². The summed E-state index contributed by atoms with van der Waals surface area (Å²) >= 11 is 0. The number of hydrogen-bond donors (Lipinski definition) is 2. The molecule has 1 aliphatic heterocycles. The molecule has 1 aromatic carbocycles. The monoisotopic (exact) mass is 521 g/mol. The molecule has 0 unspecified atom stereocenters. The van der Waals surface area contributed by atoms with Crippen molar-refractivity contribution >= 4 is 29.9 Å². The summed E-state index contributed by atoms with van der Waals surface area (Å²) in [6.45, 7) is 4.94. The van der Waals surface area contributed by atoms with Crippen LogP contribution in [0, 0.1) is 5.92 Å². The summed E-state index contributed by atoms with van der Waals surface area (Å²) in [5.74, 6) is 3.15. The zero-order chi connectivity index (χ0) is 20.0. The molecule has 0 radical (unpaired) electrons. The van der Waals surface area contributed by atoms with E-state index in [9.17, 15) is 0 Å². The van der Waals surface area contributed by atoms with Crippen molar-refractivity contribution in [3.8, 4) is 11.5 Å². The first-order valence-electron chi connectivity index (χ1n) is 10.1. The van der Waals surface area contributed by atoms with Crippen LogP contribution in [0.15, 0.2) is 23.2 Å². The highest BCUT2D eigenvalue weighted by Gasteiger charge is 2.13. The summed E-state index contributed by atoms with van der Waals surface area (Å²) in [5, 5.41) is 6.67. The average Bonchev–Trinajstić information content (AvgIpc) is 2.75. The lowest BCUT2D eigenvalue weighted by molar-refractivity contribution is 0.0203. The number of ether oxygens (including phenoxy) is 4. The Morgan fingerprint density at radius 2 is 1.90 bits per heavy atom. The maximum Gasteiger partial charge on any atom is 0.190 e. The van der Waals surface area contributed by atoms with E-state index in [-0.39, 0.29) is 24.0 Å². The van der Waals surface area contributed by atoms with Crippen molar-refractivity contribution in [3.63, 3.8) is 0 Å². The maximum atomic E-state index is 5.79. The lowest BCUT2D eigenvalue weighted by Crippen LogP contribution is -2.39. The highest BCUT2D eigenvalue weighted by atomic mass is 127. The fourth-order valence-electron chi connectivity index (χ4n) is 3.16. The van der Waals surface area contributed by atoms with Crippen molar-refractivity contribution in [1.29, 1.82) is 0 Å². The molecule has 1 aliphatic rings. The Morgan fingerprint density at radius 1 is 1.14 bits per heavy atom. The quantitative estimate of drug-likeness (QED) is 0.202. The van der Waals surface area contributed by atoms with Crippen molar-refractivity contribution in [2.24, 2.45) is 10.9 Å². The van der Waals surface area contributed by atoms with Crippen molar-refractivity contribution in [3.05, 3.63) is 23.8 Å². The summed E-state index contributed by atoms with van der Waals surface area (Å²) in [6.07, 6.45) is 4.00. The van der Waals surface area contributed by atoms with E-state index in [1.54, 1.807) is 21.3 Å². The molecule has 0 atom stereocenters. The highest BCUT2D eigenvalue weighted by Crippen LogP contribution is 2.24. The van der Waals surface area contributed by atoms with Gasteiger partial charge in [-0.2, -0.15) is 0 Å². The normalized spacial score (nSPS) is 14.8. The molecule has 1 aromatic rings. The molecule has 166 valence electrons. The van der Waals surface area contributed by atoms with Gasteiger partial charge in [-0.25, -0.2) is 0 Å². The Kier molecular flexibility index (Phi) is 13.8. The minimum absolute atomic E-state index is 0. The van der Waals surface area contributed by atoms with Crippen LogP contribution in [0.4, 0.5) is 0 Å². The fraction of sp³-hybridized carbons (Fsp3) is 0.667. The minimum atomic E-state index is 0. The van der Waals surface area contributed by atoms with E-state index in [4.69, 9.17) is 18.9 Å². The Hall–Kier alpha value is -1.26. The number of nitrogens with one attached hydrogen (secondary N) is 2. The second kappa shape index (κ2) is 15.6. The molecule has 2 rings (SSSR count). The SMILES string of the molecule is CN=C(NCCCOCC1CCOCC1)NCCc1cc(OC)ccc1OC.I. The number of benzene rings is 1. The Balaban J connectivity index is 0.00000420. The van der Waals surface area contributed by atoms with Crippen LogP contribution in [0.5, 0.6) is 11.5 Å². The van der Waals surface area contributed by atoms with Crippen LogP contribution in [0.25, 0.3) is 0 Å². The molecule has 1 fully saturated rings. The van der Waals surface area contributed by atoms with Crippen LogP contribution >= 0.6 is 24.0 Å². The van der Waals surface area contributed by atoms with Gasteiger partial charge in [0.05, 0.1) is 14.2 Å². The Labute approximate surface area is 191 Å². The second-order valence-electron chi connectivity index (χ2n) is 6.84. The van der Waals surface area contributed by atoms with E-state index in [1.807, 2.05) is 18.2 Å². The van der Waals surface area contributed by atoms with Crippen LogP contribution in [0.3, 0.4) is 0 Å². The molecule has 1 saturated heterocycles. The van der Waals surface area contributed by atoms with Gasteiger partial charge in [-0.15, -0.1) is 24.0 Å². The van der Waals surface area contributed by atoms with Crippen LogP contribution in [-0.4, -0.2) is 66.7 Å². The van der Waals surface area contributed by atoms with Crippen molar-refractivity contribution in [2.75, 3.05) is 60.8 Å². The standard InChI is InChI=1S/C21H35N3O4.HI/c1-22-21(23-10-4-12-28-16-17-8-13-27-14-9-17)24-11-7-18-15-19(25-2)5-6-20(18)26-3;/h5-6,15,17H,4,7-14,16H2,1-3H3,(H2,22,23,24);1H. The van der Waals surface area contributed by atoms with E-state index in [2.05, 4.69) is 15.6 Å². The third-order valence-corrected chi connectivity index (χ3v) is 4.85. The smallest absolute Gasteiger partial charge is 0.190 e. The lowest BCUT2D eigenvalue weighted by atomic mass is 10.0. The van der Waals surface area contributed by atoms with Gasteiger partial charge in [-0.05, 0) is 55.4 Å². The largest absolute Gasteiger partial charge is 0.497 e. The summed E-state index contributed by atoms with van der Waals surface area (Å²) in [4.78, 5) is 4.27. The molecular weight excluding hydrogens is 485 g/mol. The lowest BCUT2D eigenvalue weighted by Gasteiger charge is -2.21. The fourth-order valence-corrected chi connectivity index (χ4v) is 3.16. The Bertz CT molecular complexity index is 595. The van der Waals surface area contributed by atoms with Crippen LogP contribution in [0.2, 0.25) is 0 Å². The molecule has 0 amide bonds. The number of nitrogens with zero attached hydrogens (tertiary/aromatic N) is 1. The predicted molar refractivity (Wildman–Crippen MR) is 127 cm³/mol. The van der Waals surface area contributed by atoms with E-state index < -0.39 is 0 Å². The molecule has 7 nitrogen and oxygen atoms in total. The van der Waals surface area contributed by atoms with E-state index in [1.165, 1.54) is 0 Å². The first-order valence-corrected chi connectivity index (χ1v) is 10.1. The Morgan fingerprint density at radius 3 is 2.59 bits per heavy atom. The van der Waals surface area contributed by atoms with E-state index in [0.29, 0.717) is 5.92 Å². The number of guanidine groups is 1. The van der Waals surface area contributed by atoms with Crippen molar-refractivity contribution in [2.45, 2.75) is 25.7 Å². The maximum absolute atomic E-state index is 5.79. The second-order valence-corrected chi connectivity index (χ2v) is 6.84. The summed E-state index contributed by atoms with van der Waals surface area (Å²) in [7, 11) is 5.13. The molecule has 0 bridgehead atoms. The highest BCUT2D eigenvalue weighted by molar-refractivity contribution is 14.0. The molecular formula is C21H36IN3O4. The molecule has 8 heteroatoms. The van der Waals surface area contributed by atoms with Crippen molar-refractivity contribution < 1.29 is 18.9 Å². The summed E-state index contributed by atoms with van der Waals surface area (Å²) in [5.41, 5.74) is 1.10. The molecule has 1 heterocycles. The number of aliphatic imine (C=N–C) groups is 1. The number of hydrogen-bond acceptors (Lipinski definition) is 5. The third kappa shape index (κ3) is 9.86. The van der Waals surface area contributed by atoms with E-state index >= 15 is 0 Å². The van der Waals surface area contributed by atoms with Gasteiger partial charge in [0.1, 0.15) is 11.5 Å². The number of rotatable bonds is 11. The predicted octanol–water partition coefficient (Wildman–Crippen LogP) is 2.86. The van der Waals surface area contributed by atoms with Gasteiger partial charge in [0.25, 0.3) is 0 Å². The average molecular weight is 521 g/mol. The van der Waals surface area contributed by atoms with Gasteiger partial charge in [0, 0.05) is 46.6 Å². The van der Waals surface area contributed by atoms with Gasteiger partial charge in [-0.3, -0.25) is 4.99 Å². The zero-order valence-corrected chi connectivity index (χ0v) is 20.2.